The molecule has 7 nitrogen and oxygen atoms in total. The maximum atomic E-state index is 12.0. The molecule has 0 spiro atoms. The van der Waals surface area contributed by atoms with Crippen molar-refractivity contribution in [2.24, 2.45) is 5.92 Å². The smallest absolute Gasteiger partial charge is 0.308 e. The van der Waals surface area contributed by atoms with E-state index in [2.05, 4.69) is 0 Å². The highest BCUT2D eigenvalue weighted by Crippen LogP contribution is 2.40. The number of benzene rings is 1. The van der Waals surface area contributed by atoms with Crippen LogP contribution < -0.4 is 0 Å². The van der Waals surface area contributed by atoms with E-state index in [-0.39, 0.29) is 30.0 Å². The molecular weight excluding hydrogens is 276 g/mol. The number of likely N-dealkylation sites (tertiary alicyclic amines) is 1. The minimum absolute atomic E-state index is 0.151. The summed E-state index contributed by atoms with van der Waals surface area (Å²) >= 11 is 0. The molecule has 112 valence electrons. The molecule has 1 heterocycles. The quantitative estimate of drug-likeness (QED) is 0.675. The first-order valence-corrected chi connectivity index (χ1v) is 6.73. The number of piperidine rings is 1. The molecule has 1 N–H and O–H groups in total. The molecule has 1 aliphatic rings. The highest BCUT2D eigenvalue weighted by Gasteiger charge is 2.42. The number of hydrogen-bond donors (Lipinski definition) is 1. The molecule has 1 amide bonds. The third kappa shape index (κ3) is 2.72. The van der Waals surface area contributed by atoms with Crippen LogP contribution in [0.5, 0.6) is 0 Å². The van der Waals surface area contributed by atoms with Crippen molar-refractivity contribution in [1.29, 1.82) is 0 Å². The number of amides is 1. The zero-order valence-corrected chi connectivity index (χ0v) is 11.6. The van der Waals surface area contributed by atoms with Gasteiger partial charge in [-0.3, -0.25) is 19.7 Å². The second-order valence-electron chi connectivity index (χ2n) is 4.92. The second-order valence-corrected chi connectivity index (χ2v) is 4.92. The van der Waals surface area contributed by atoms with Crippen LogP contribution in [0.2, 0.25) is 0 Å². The van der Waals surface area contributed by atoms with Gasteiger partial charge in [0.05, 0.1) is 22.4 Å². The van der Waals surface area contributed by atoms with Crippen molar-refractivity contribution in [3.63, 3.8) is 0 Å². The highest BCUT2D eigenvalue weighted by molar-refractivity contribution is 5.82. The largest absolute Gasteiger partial charge is 0.481 e. The van der Waals surface area contributed by atoms with Crippen LogP contribution in [0.4, 0.5) is 5.69 Å². The summed E-state index contributed by atoms with van der Waals surface area (Å²) in [6.07, 6.45) is 0.351. The number of carbonyl (C=O) groups is 2. The molecule has 21 heavy (non-hydrogen) atoms. The number of carboxylic acids is 1. The van der Waals surface area contributed by atoms with Crippen LogP contribution >= 0.6 is 0 Å². The molecule has 0 aliphatic carbocycles. The molecule has 0 bridgehead atoms. The molecule has 0 radical (unpaired) electrons. The number of nitrogens with zero attached hydrogens (tertiary/aromatic N) is 2. The van der Waals surface area contributed by atoms with E-state index in [1.54, 1.807) is 13.0 Å². The molecule has 2 rings (SSSR count). The van der Waals surface area contributed by atoms with E-state index in [9.17, 15) is 24.8 Å². The Kier molecular flexibility index (Phi) is 4.21. The summed E-state index contributed by atoms with van der Waals surface area (Å²) in [5.41, 5.74) is 0.131. The molecular formula is C14H16N2O5. The Hall–Kier alpha value is -2.44. The normalized spacial score (nSPS) is 22.1. The lowest BCUT2D eigenvalue weighted by Gasteiger charge is -2.38. The van der Waals surface area contributed by atoms with Gasteiger partial charge in [-0.1, -0.05) is 18.2 Å². The van der Waals surface area contributed by atoms with Gasteiger partial charge in [0.2, 0.25) is 5.91 Å². The minimum atomic E-state index is -1.04. The topological polar surface area (TPSA) is 101 Å². The third-order valence-electron chi connectivity index (χ3n) is 3.82. The Morgan fingerprint density at radius 2 is 2.14 bits per heavy atom. The number of aliphatic carboxylic acids is 1. The first kappa shape index (κ1) is 15.0. The average Bonchev–Trinajstić information content (AvgIpc) is 2.46. The Bertz CT molecular complexity index is 584. The van der Waals surface area contributed by atoms with Crippen LogP contribution in [0.25, 0.3) is 0 Å². The van der Waals surface area contributed by atoms with Crippen molar-refractivity contribution in [2.75, 3.05) is 6.54 Å². The number of nitro groups is 1. The van der Waals surface area contributed by atoms with Gasteiger partial charge in [0.25, 0.3) is 5.69 Å². The molecule has 1 aromatic carbocycles. The van der Waals surface area contributed by atoms with Crippen LogP contribution in [0.3, 0.4) is 0 Å². The molecule has 0 saturated carbocycles. The number of nitro benzene ring substituents is 1. The van der Waals surface area contributed by atoms with Crippen LogP contribution in [-0.2, 0) is 9.59 Å². The molecule has 1 aliphatic heterocycles. The maximum absolute atomic E-state index is 12.0. The fourth-order valence-corrected chi connectivity index (χ4v) is 2.87. The molecule has 1 saturated heterocycles. The molecule has 7 heteroatoms. The molecule has 1 fully saturated rings. The van der Waals surface area contributed by atoms with E-state index in [1.807, 2.05) is 0 Å². The fourth-order valence-electron chi connectivity index (χ4n) is 2.87. The lowest BCUT2D eigenvalue weighted by molar-refractivity contribution is -0.386. The Labute approximate surface area is 121 Å². The van der Waals surface area contributed by atoms with Gasteiger partial charge in [-0.25, -0.2) is 0 Å². The summed E-state index contributed by atoms with van der Waals surface area (Å²) in [7, 11) is 0. The van der Waals surface area contributed by atoms with Crippen LogP contribution in [0.15, 0.2) is 24.3 Å². The molecule has 0 aromatic heterocycles. The van der Waals surface area contributed by atoms with Crippen molar-refractivity contribution in [2.45, 2.75) is 25.8 Å². The van der Waals surface area contributed by atoms with Gasteiger partial charge in [0.15, 0.2) is 0 Å². The second kappa shape index (κ2) is 5.90. The number of para-hydroxylation sites is 1. The van der Waals surface area contributed by atoms with Crippen LogP contribution in [0.1, 0.15) is 31.4 Å². The van der Waals surface area contributed by atoms with Gasteiger partial charge in [0, 0.05) is 19.0 Å². The number of carbonyl (C=O) groups excluding carboxylic acids is 1. The van der Waals surface area contributed by atoms with Crippen LogP contribution in [-0.4, -0.2) is 33.4 Å². The molecule has 2 atom stereocenters. The Balaban J connectivity index is 2.56. The first-order chi connectivity index (χ1) is 9.97. The van der Waals surface area contributed by atoms with Gasteiger partial charge in [-0.15, -0.1) is 0 Å². The van der Waals surface area contributed by atoms with E-state index in [1.165, 1.54) is 23.1 Å². The van der Waals surface area contributed by atoms with Crippen molar-refractivity contribution < 1.29 is 19.6 Å². The summed E-state index contributed by atoms with van der Waals surface area (Å²) < 4.78 is 0. The monoisotopic (exact) mass is 292 g/mol. The van der Waals surface area contributed by atoms with Crippen molar-refractivity contribution in [3.05, 3.63) is 39.9 Å². The van der Waals surface area contributed by atoms with E-state index >= 15 is 0 Å². The van der Waals surface area contributed by atoms with Gasteiger partial charge >= 0.3 is 5.97 Å². The van der Waals surface area contributed by atoms with Gasteiger partial charge < -0.3 is 10.0 Å². The summed E-state index contributed by atoms with van der Waals surface area (Å²) in [6, 6.07) is 5.21. The van der Waals surface area contributed by atoms with Gasteiger partial charge in [-0.05, 0) is 13.3 Å². The average molecular weight is 292 g/mol. The number of carboxylic acid groups (broad SMARTS) is 1. The maximum Gasteiger partial charge on any atom is 0.308 e. The number of rotatable bonds is 4. The van der Waals surface area contributed by atoms with E-state index in [4.69, 9.17) is 0 Å². The summed E-state index contributed by atoms with van der Waals surface area (Å²) in [5.74, 6) is -2.04. The first-order valence-electron chi connectivity index (χ1n) is 6.73. The van der Waals surface area contributed by atoms with Crippen LogP contribution in [0, 0.1) is 16.0 Å². The summed E-state index contributed by atoms with van der Waals surface area (Å²) in [4.78, 5) is 35.6. The highest BCUT2D eigenvalue weighted by atomic mass is 16.6. The van der Waals surface area contributed by atoms with Crippen molar-refractivity contribution in [3.8, 4) is 0 Å². The summed E-state index contributed by atoms with van der Waals surface area (Å²) in [6.45, 7) is 2.06. The standard InChI is InChI=1S/C14H16N2O5/c1-2-15-12(17)8-7-10(14(18)19)13(15)9-5-3-4-6-11(9)16(20)21/h3-6,10,13H,2,7-8H2,1H3,(H,18,19). The zero-order chi connectivity index (χ0) is 15.6. The lowest BCUT2D eigenvalue weighted by atomic mass is 9.83. The molecule has 2 unspecified atom stereocenters. The predicted molar refractivity (Wildman–Crippen MR) is 73.6 cm³/mol. The molecule has 1 aromatic rings. The Morgan fingerprint density at radius 1 is 1.48 bits per heavy atom. The third-order valence-corrected chi connectivity index (χ3v) is 3.82. The predicted octanol–water partition coefficient (Wildman–Crippen LogP) is 1.98. The van der Waals surface area contributed by atoms with Gasteiger partial charge in [0.1, 0.15) is 0 Å². The summed E-state index contributed by atoms with van der Waals surface area (Å²) in [5, 5.41) is 20.6. The lowest BCUT2D eigenvalue weighted by Crippen LogP contribution is -2.45. The van der Waals surface area contributed by atoms with E-state index < -0.39 is 22.9 Å². The van der Waals surface area contributed by atoms with E-state index in [0.717, 1.165) is 0 Å². The van der Waals surface area contributed by atoms with Crippen molar-refractivity contribution in [1.82, 2.24) is 4.90 Å². The van der Waals surface area contributed by atoms with Gasteiger partial charge in [-0.2, -0.15) is 0 Å². The van der Waals surface area contributed by atoms with Crippen molar-refractivity contribution >= 4 is 17.6 Å². The number of hydrogen-bond acceptors (Lipinski definition) is 4. The Morgan fingerprint density at radius 3 is 2.71 bits per heavy atom. The van der Waals surface area contributed by atoms with E-state index in [0.29, 0.717) is 6.54 Å². The fraction of sp³-hybridized carbons (Fsp3) is 0.429. The minimum Gasteiger partial charge on any atom is -0.481 e. The SMILES string of the molecule is CCN1C(=O)CCC(C(=O)O)C1c1ccccc1[N+](=O)[O-]. The zero-order valence-electron chi connectivity index (χ0n) is 11.6.